The lowest BCUT2D eigenvalue weighted by molar-refractivity contribution is -0.113. The summed E-state index contributed by atoms with van der Waals surface area (Å²) in [6.45, 7) is 1.61. The van der Waals surface area contributed by atoms with Gasteiger partial charge in [-0.05, 0) is 17.7 Å². The molecule has 2 aromatic carbocycles. The number of carbonyl (C=O) groups excluding carboxylic acids is 1. The molecule has 1 aromatic heterocycles. The molecule has 1 aliphatic heterocycles. The Kier molecular flexibility index (Phi) is 7.10. The summed E-state index contributed by atoms with van der Waals surface area (Å²) >= 11 is 8.88. The molecule has 2 heterocycles. The van der Waals surface area contributed by atoms with Crippen LogP contribution in [0.1, 0.15) is 12.0 Å². The number of rotatable bonds is 7. The maximum atomic E-state index is 13.0. The molecule has 0 radical (unpaired) electrons. The average molecular weight is 481 g/mol. The van der Waals surface area contributed by atoms with Crippen LogP contribution in [0.25, 0.3) is 0 Å². The molecule has 0 atom stereocenters. The number of carbonyl (C=O) groups is 1. The van der Waals surface area contributed by atoms with E-state index >= 15 is 0 Å². The van der Waals surface area contributed by atoms with Gasteiger partial charge in [-0.2, -0.15) is 0 Å². The Bertz CT molecular complexity index is 1070. The molecule has 0 saturated heterocycles. The first-order valence-electron chi connectivity index (χ1n) is 9.40. The fourth-order valence-corrected chi connectivity index (χ4v) is 4.46. The molecule has 2 N–H and O–H groups in total. The highest BCUT2D eigenvalue weighted by Gasteiger charge is 2.16. The molecule has 0 spiro atoms. The third kappa shape index (κ3) is 5.99. The van der Waals surface area contributed by atoms with Crippen molar-refractivity contribution in [1.82, 2.24) is 10.2 Å². The number of anilines is 2. The Morgan fingerprint density at radius 1 is 1.16 bits per heavy atom. The highest BCUT2D eigenvalue weighted by molar-refractivity contribution is 8.01. The summed E-state index contributed by atoms with van der Waals surface area (Å²) in [6, 6.07) is 9.55. The van der Waals surface area contributed by atoms with E-state index in [0.29, 0.717) is 51.4 Å². The van der Waals surface area contributed by atoms with Gasteiger partial charge < -0.3 is 20.1 Å². The topological polar surface area (TPSA) is 85.4 Å². The third-order valence-electron chi connectivity index (χ3n) is 4.20. The minimum absolute atomic E-state index is 0.150. The summed E-state index contributed by atoms with van der Waals surface area (Å²) in [6.07, 6.45) is 0.785. The zero-order valence-electron chi connectivity index (χ0n) is 16.2. The number of aromatic nitrogens is 2. The van der Waals surface area contributed by atoms with Crippen LogP contribution >= 0.6 is 34.7 Å². The molecule has 1 aliphatic rings. The maximum Gasteiger partial charge on any atom is 0.234 e. The van der Waals surface area contributed by atoms with Crippen molar-refractivity contribution in [3.05, 3.63) is 52.8 Å². The molecule has 0 bridgehead atoms. The number of thioether (sulfide) groups is 1. The van der Waals surface area contributed by atoms with E-state index in [0.717, 1.165) is 12.0 Å². The van der Waals surface area contributed by atoms with Crippen molar-refractivity contribution in [2.45, 2.75) is 17.3 Å². The number of amides is 1. The van der Waals surface area contributed by atoms with E-state index in [-0.39, 0.29) is 17.5 Å². The lowest BCUT2D eigenvalue weighted by atomic mass is 10.2. The number of halogens is 2. The summed E-state index contributed by atoms with van der Waals surface area (Å²) in [5.74, 6) is 0.787. The average Bonchev–Trinajstić information content (AvgIpc) is 3.10. The number of benzene rings is 2. The van der Waals surface area contributed by atoms with Crippen molar-refractivity contribution in [2.75, 3.05) is 29.6 Å². The quantitative estimate of drug-likeness (QED) is 0.468. The lowest BCUT2D eigenvalue weighted by Crippen LogP contribution is -2.14. The highest BCUT2D eigenvalue weighted by atomic mass is 35.5. The van der Waals surface area contributed by atoms with Gasteiger partial charge in [-0.15, -0.1) is 10.2 Å². The van der Waals surface area contributed by atoms with Crippen LogP contribution in [-0.4, -0.2) is 35.1 Å². The number of hydrogen-bond acceptors (Lipinski definition) is 8. The molecule has 7 nitrogen and oxygen atoms in total. The fourth-order valence-electron chi connectivity index (χ4n) is 2.71. The molecule has 3 aromatic rings. The van der Waals surface area contributed by atoms with Gasteiger partial charge in [0, 0.05) is 25.1 Å². The zero-order valence-corrected chi connectivity index (χ0v) is 18.6. The minimum Gasteiger partial charge on any atom is -0.490 e. The van der Waals surface area contributed by atoms with Gasteiger partial charge in [0.05, 0.1) is 29.7 Å². The van der Waals surface area contributed by atoms with Gasteiger partial charge in [0.15, 0.2) is 15.8 Å². The van der Waals surface area contributed by atoms with Gasteiger partial charge in [0.2, 0.25) is 11.0 Å². The van der Waals surface area contributed by atoms with E-state index in [2.05, 4.69) is 20.8 Å². The van der Waals surface area contributed by atoms with Crippen molar-refractivity contribution >= 4 is 51.4 Å². The second-order valence-corrected chi connectivity index (χ2v) is 9.13. The van der Waals surface area contributed by atoms with Crippen LogP contribution in [0.3, 0.4) is 0 Å². The summed E-state index contributed by atoms with van der Waals surface area (Å²) in [4.78, 5) is 12.4. The van der Waals surface area contributed by atoms with E-state index in [4.69, 9.17) is 21.1 Å². The van der Waals surface area contributed by atoms with E-state index in [1.807, 2.05) is 0 Å². The molecule has 162 valence electrons. The Labute approximate surface area is 191 Å². The predicted octanol–water partition coefficient (Wildman–Crippen LogP) is 4.83. The normalized spacial score (nSPS) is 12.8. The SMILES string of the molecule is O=C(CSc1nnc(NCc2ccc(F)cc2)s1)Nc1cc2c(cc1Cl)OCCCO2. The van der Waals surface area contributed by atoms with Crippen LogP contribution in [0.2, 0.25) is 5.02 Å². The molecule has 31 heavy (non-hydrogen) atoms. The summed E-state index contributed by atoms with van der Waals surface area (Å²) in [5, 5.41) is 15.1. The van der Waals surface area contributed by atoms with Crippen LogP contribution in [0.4, 0.5) is 15.2 Å². The van der Waals surface area contributed by atoms with Gasteiger partial charge in [0.25, 0.3) is 0 Å². The molecule has 0 saturated carbocycles. The minimum atomic E-state index is -0.273. The molecular formula is C20H18ClFN4O3S2. The van der Waals surface area contributed by atoms with E-state index < -0.39 is 0 Å². The first-order chi connectivity index (χ1) is 15.1. The van der Waals surface area contributed by atoms with Crippen LogP contribution in [0.15, 0.2) is 40.7 Å². The zero-order chi connectivity index (χ0) is 21.6. The second kappa shape index (κ2) is 10.2. The Morgan fingerprint density at radius 2 is 1.90 bits per heavy atom. The van der Waals surface area contributed by atoms with Gasteiger partial charge in [-0.3, -0.25) is 4.79 Å². The van der Waals surface area contributed by atoms with E-state index in [9.17, 15) is 9.18 Å². The number of nitrogens with zero attached hydrogens (tertiary/aromatic N) is 2. The Balaban J connectivity index is 1.28. The second-order valence-electron chi connectivity index (χ2n) is 6.52. The van der Waals surface area contributed by atoms with Crippen molar-refractivity contribution in [3.8, 4) is 11.5 Å². The molecule has 0 unspecified atom stereocenters. The molecule has 0 aliphatic carbocycles. The Morgan fingerprint density at radius 3 is 2.68 bits per heavy atom. The third-order valence-corrected chi connectivity index (χ3v) is 6.53. The van der Waals surface area contributed by atoms with E-state index in [1.54, 1.807) is 24.3 Å². The van der Waals surface area contributed by atoms with Gasteiger partial charge in [-0.25, -0.2) is 4.39 Å². The van der Waals surface area contributed by atoms with Crippen LogP contribution in [0.5, 0.6) is 11.5 Å². The first kappa shape index (κ1) is 21.7. The number of nitrogens with one attached hydrogen (secondary N) is 2. The smallest absolute Gasteiger partial charge is 0.234 e. The number of ether oxygens (including phenoxy) is 2. The largest absolute Gasteiger partial charge is 0.490 e. The van der Waals surface area contributed by atoms with Crippen molar-refractivity contribution in [1.29, 1.82) is 0 Å². The van der Waals surface area contributed by atoms with Crippen molar-refractivity contribution in [2.24, 2.45) is 0 Å². The van der Waals surface area contributed by atoms with Crippen LogP contribution in [0, 0.1) is 5.82 Å². The number of fused-ring (bicyclic) bond motifs is 1. The summed E-state index contributed by atoms with van der Waals surface area (Å²) in [7, 11) is 0. The lowest BCUT2D eigenvalue weighted by Gasteiger charge is -2.12. The van der Waals surface area contributed by atoms with Crippen molar-refractivity contribution < 1.29 is 18.7 Å². The fraction of sp³-hybridized carbons (Fsp3) is 0.250. The monoisotopic (exact) mass is 480 g/mol. The molecular weight excluding hydrogens is 463 g/mol. The summed E-state index contributed by atoms with van der Waals surface area (Å²) < 4.78 is 24.8. The van der Waals surface area contributed by atoms with Crippen LogP contribution < -0.4 is 20.1 Å². The maximum absolute atomic E-state index is 13.0. The van der Waals surface area contributed by atoms with Gasteiger partial charge in [0.1, 0.15) is 5.82 Å². The van der Waals surface area contributed by atoms with Crippen molar-refractivity contribution in [3.63, 3.8) is 0 Å². The standard InChI is InChI=1S/C20H18ClFN4O3S2/c21-14-8-16-17(29-7-1-6-28-16)9-15(14)24-18(27)11-30-20-26-25-19(31-20)23-10-12-2-4-13(22)5-3-12/h2-5,8-9H,1,6-7,10-11H2,(H,23,25)(H,24,27). The van der Waals surface area contributed by atoms with Gasteiger partial charge >= 0.3 is 0 Å². The van der Waals surface area contributed by atoms with Crippen LogP contribution in [-0.2, 0) is 11.3 Å². The molecule has 0 fully saturated rings. The predicted molar refractivity (Wildman–Crippen MR) is 120 cm³/mol. The molecule has 1 amide bonds. The summed E-state index contributed by atoms with van der Waals surface area (Å²) in [5.41, 5.74) is 1.40. The first-order valence-corrected chi connectivity index (χ1v) is 11.6. The molecule has 4 rings (SSSR count). The molecule has 11 heteroatoms. The number of hydrogen-bond donors (Lipinski definition) is 2. The van der Waals surface area contributed by atoms with Gasteiger partial charge in [-0.1, -0.05) is 46.8 Å². The highest BCUT2D eigenvalue weighted by Crippen LogP contribution is 2.37. The van der Waals surface area contributed by atoms with E-state index in [1.165, 1.54) is 35.2 Å². The Hall–Kier alpha value is -2.56.